The molecule has 1 aromatic heterocycles. The van der Waals surface area contributed by atoms with E-state index in [0.717, 1.165) is 11.5 Å². The van der Waals surface area contributed by atoms with Crippen LogP contribution >= 0.6 is 0 Å². The average Bonchev–Trinajstić information content (AvgIpc) is 2.77. The molecule has 0 radical (unpaired) electrons. The molecule has 0 aliphatic heterocycles. The van der Waals surface area contributed by atoms with E-state index in [1.165, 1.54) is 0 Å². The summed E-state index contributed by atoms with van der Waals surface area (Å²) in [6.45, 7) is 0.819. The number of rotatable bonds is 5. The number of methoxy groups -OCH3 is 1. The highest BCUT2D eigenvalue weighted by molar-refractivity contribution is 5.39. The highest BCUT2D eigenvalue weighted by Gasteiger charge is 2.07. The van der Waals surface area contributed by atoms with Gasteiger partial charge in [0.2, 0.25) is 0 Å². The van der Waals surface area contributed by atoms with E-state index in [4.69, 9.17) is 15.2 Å². The Kier molecular flexibility index (Phi) is 3.84. The van der Waals surface area contributed by atoms with Gasteiger partial charge < -0.3 is 19.8 Å². The third-order valence-electron chi connectivity index (χ3n) is 2.66. The third kappa shape index (κ3) is 2.62. The Morgan fingerprint density at radius 2 is 2.00 bits per heavy atom. The molecule has 0 saturated carbocycles. The Bertz CT molecular complexity index is 523. The van der Waals surface area contributed by atoms with Crippen molar-refractivity contribution in [3.8, 4) is 11.5 Å². The summed E-state index contributed by atoms with van der Waals surface area (Å²) in [6, 6.07) is 7.53. The predicted molar refractivity (Wildman–Crippen MR) is 68.4 cm³/mol. The first-order valence-electron chi connectivity index (χ1n) is 5.71. The van der Waals surface area contributed by atoms with Crippen molar-refractivity contribution >= 4 is 0 Å². The molecule has 18 heavy (non-hydrogen) atoms. The van der Waals surface area contributed by atoms with Crippen LogP contribution < -0.4 is 15.2 Å². The van der Waals surface area contributed by atoms with E-state index in [2.05, 4.69) is 4.98 Å². The molecule has 5 heteroatoms. The van der Waals surface area contributed by atoms with Gasteiger partial charge in [-0.25, -0.2) is 4.98 Å². The molecule has 5 nitrogen and oxygen atoms in total. The van der Waals surface area contributed by atoms with E-state index in [9.17, 15) is 0 Å². The van der Waals surface area contributed by atoms with E-state index in [-0.39, 0.29) is 0 Å². The van der Waals surface area contributed by atoms with Gasteiger partial charge in [-0.1, -0.05) is 12.1 Å². The fourth-order valence-corrected chi connectivity index (χ4v) is 1.68. The van der Waals surface area contributed by atoms with Gasteiger partial charge >= 0.3 is 0 Å². The fourth-order valence-electron chi connectivity index (χ4n) is 1.68. The van der Waals surface area contributed by atoms with Crippen molar-refractivity contribution in [1.29, 1.82) is 0 Å². The van der Waals surface area contributed by atoms with Crippen LogP contribution in [0.25, 0.3) is 0 Å². The summed E-state index contributed by atoms with van der Waals surface area (Å²) in [5.74, 6) is 2.25. The number of aryl methyl sites for hydroxylation is 1. The SMILES string of the molecule is COc1ccccc1OCc1nc(CN)cn1C. The fraction of sp³-hybridized carbons (Fsp3) is 0.308. The third-order valence-corrected chi connectivity index (χ3v) is 2.66. The standard InChI is InChI=1S/C13H17N3O2/c1-16-8-10(7-14)15-13(16)9-18-12-6-4-3-5-11(12)17-2/h3-6,8H,7,9,14H2,1-2H3. The summed E-state index contributed by atoms with van der Waals surface area (Å²) in [7, 11) is 3.54. The van der Waals surface area contributed by atoms with Crippen LogP contribution in [0.2, 0.25) is 0 Å². The highest BCUT2D eigenvalue weighted by atomic mass is 16.5. The second-order valence-corrected chi connectivity index (χ2v) is 3.90. The zero-order chi connectivity index (χ0) is 13.0. The van der Waals surface area contributed by atoms with Crippen molar-refractivity contribution < 1.29 is 9.47 Å². The molecule has 0 aliphatic carbocycles. The van der Waals surface area contributed by atoms with Crippen molar-refractivity contribution in [2.75, 3.05) is 7.11 Å². The number of hydrogen-bond donors (Lipinski definition) is 1. The van der Waals surface area contributed by atoms with E-state index >= 15 is 0 Å². The van der Waals surface area contributed by atoms with Gasteiger partial charge in [-0.3, -0.25) is 0 Å². The van der Waals surface area contributed by atoms with Crippen LogP contribution in [-0.2, 0) is 20.2 Å². The second-order valence-electron chi connectivity index (χ2n) is 3.90. The Labute approximate surface area is 106 Å². The monoisotopic (exact) mass is 247 g/mol. The largest absolute Gasteiger partial charge is 0.493 e. The summed E-state index contributed by atoms with van der Waals surface area (Å²) in [6.07, 6.45) is 1.90. The van der Waals surface area contributed by atoms with Gasteiger partial charge in [0.05, 0.1) is 12.8 Å². The summed E-state index contributed by atoms with van der Waals surface area (Å²) in [5, 5.41) is 0. The Morgan fingerprint density at radius 3 is 2.61 bits per heavy atom. The molecule has 2 N–H and O–H groups in total. The zero-order valence-corrected chi connectivity index (χ0v) is 10.6. The number of nitrogens with zero attached hydrogens (tertiary/aromatic N) is 2. The number of ether oxygens (including phenoxy) is 2. The minimum atomic E-state index is 0.386. The van der Waals surface area contributed by atoms with E-state index < -0.39 is 0 Å². The first-order chi connectivity index (χ1) is 8.74. The smallest absolute Gasteiger partial charge is 0.161 e. The summed E-state index contributed by atoms with van der Waals surface area (Å²) >= 11 is 0. The van der Waals surface area contributed by atoms with Crippen molar-refractivity contribution in [3.05, 3.63) is 42.0 Å². The zero-order valence-electron chi connectivity index (χ0n) is 10.6. The maximum absolute atomic E-state index is 5.70. The molecule has 2 rings (SSSR count). The van der Waals surface area contributed by atoms with E-state index in [1.54, 1.807) is 7.11 Å². The summed E-state index contributed by atoms with van der Waals surface area (Å²) < 4.78 is 12.8. The summed E-state index contributed by atoms with van der Waals surface area (Å²) in [4.78, 5) is 4.37. The van der Waals surface area contributed by atoms with Crippen LogP contribution in [0.3, 0.4) is 0 Å². The predicted octanol–water partition coefficient (Wildman–Crippen LogP) is 1.47. The normalized spacial score (nSPS) is 10.4. The van der Waals surface area contributed by atoms with Gasteiger partial charge in [-0.15, -0.1) is 0 Å². The second kappa shape index (κ2) is 5.55. The van der Waals surface area contributed by atoms with Crippen LogP contribution in [0.5, 0.6) is 11.5 Å². The van der Waals surface area contributed by atoms with Crippen LogP contribution in [-0.4, -0.2) is 16.7 Å². The maximum Gasteiger partial charge on any atom is 0.161 e. The van der Waals surface area contributed by atoms with E-state index in [1.807, 2.05) is 42.1 Å². The van der Waals surface area contributed by atoms with Crippen molar-refractivity contribution in [2.24, 2.45) is 12.8 Å². The topological polar surface area (TPSA) is 62.3 Å². The molecule has 0 amide bonds. The van der Waals surface area contributed by atoms with Gasteiger partial charge in [0.25, 0.3) is 0 Å². The Hall–Kier alpha value is -2.01. The first-order valence-corrected chi connectivity index (χ1v) is 5.71. The van der Waals surface area contributed by atoms with Crippen LogP contribution in [0, 0.1) is 0 Å². The lowest BCUT2D eigenvalue weighted by atomic mass is 10.3. The number of para-hydroxylation sites is 2. The quantitative estimate of drug-likeness (QED) is 0.869. The molecule has 0 bridgehead atoms. The van der Waals surface area contributed by atoms with Crippen molar-refractivity contribution in [1.82, 2.24) is 9.55 Å². The Balaban J connectivity index is 2.08. The summed E-state index contributed by atoms with van der Waals surface area (Å²) in [5.41, 5.74) is 6.41. The lowest BCUT2D eigenvalue weighted by Gasteiger charge is -2.09. The molecule has 96 valence electrons. The molecule has 2 aromatic rings. The van der Waals surface area contributed by atoms with Crippen LogP contribution in [0.1, 0.15) is 11.5 Å². The van der Waals surface area contributed by atoms with Gasteiger partial charge in [0.1, 0.15) is 12.4 Å². The molecule has 1 aromatic carbocycles. The highest BCUT2D eigenvalue weighted by Crippen LogP contribution is 2.26. The maximum atomic E-state index is 5.70. The molecule has 0 fully saturated rings. The van der Waals surface area contributed by atoms with Crippen LogP contribution in [0.4, 0.5) is 0 Å². The molecule has 0 aliphatic rings. The lowest BCUT2D eigenvalue weighted by molar-refractivity contribution is 0.273. The number of nitrogens with two attached hydrogens (primary N) is 1. The minimum absolute atomic E-state index is 0.386. The molecular weight excluding hydrogens is 230 g/mol. The Morgan fingerprint density at radius 1 is 1.28 bits per heavy atom. The number of hydrogen-bond acceptors (Lipinski definition) is 4. The number of imidazole rings is 1. The minimum Gasteiger partial charge on any atom is -0.493 e. The number of benzene rings is 1. The van der Waals surface area contributed by atoms with Gasteiger partial charge in [-0.05, 0) is 12.1 Å². The molecule has 0 saturated heterocycles. The van der Waals surface area contributed by atoms with Gasteiger partial charge in [0, 0.05) is 19.8 Å². The average molecular weight is 247 g/mol. The number of aromatic nitrogens is 2. The van der Waals surface area contributed by atoms with E-state index in [0.29, 0.717) is 24.7 Å². The molecule has 0 spiro atoms. The van der Waals surface area contributed by atoms with Crippen LogP contribution in [0.15, 0.2) is 30.5 Å². The molecule has 0 atom stereocenters. The van der Waals surface area contributed by atoms with Crippen molar-refractivity contribution in [3.63, 3.8) is 0 Å². The molecule has 1 heterocycles. The molecular formula is C13H17N3O2. The first kappa shape index (κ1) is 12.4. The molecule has 0 unspecified atom stereocenters. The lowest BCUT2D eigenvalue weighted by Crippen LogP contribution is -2.04. The van der Waals surface area contributed by atoms with Crippen molar-refractivity contribution in [2.45, 2.75) is 13.2 Å². The van der Waals surface area contributed by atoms with Gasteiger partial charge in [-0.2, -0.15) is 0 Å². The van der Waals surface area contributed by atoms with Gasteiger partial charge in [0.15, 0.2) is 11.5 Å².